The van der Waals surface area contributed by atoms with E-state index in [1.54, 1.807) is 30.3 Å². The topological polar surface area (TPSA) is 69.4 Å². The first kappa shape index (κ1) is 15.3. The first-order chi connectivity index (χ1) is 10.8. The minimum absolute atomic E-state index is 0.110. The third kappa shape index (κ3) is 3.00. The van der Waals surface area contributed by atoms with Crippen molar-refractivity contribution in [1.29, 1.82) is 0 Å². The molecule has 9 heteroatoms. The van der Waals surface area contributed by atoms with Gasteiger partial charge in [0.05, 0.1) is 0 Å². The van der Waals surface area contributed by atoms with E-state index < -0.39 is 21.4 Å². The Labute approximate surface area is 128 Å². The SMILES string of the molecule is O=S(=O)(Oc1ccc2nc(-c3ccccc3)oc2c1)C(F)(F)F. The average Bonchev–Trinajstić information content (AvgIpc) is 2.90. The Bertz CT molecular complexity index is 949. The second kappa shape index (κ2) is 5.27. The molecule has 0 saturated carbocycles. The number of fused-ring (bicyclic) bond motifs is 1. The van der Waals surface area contributed by atoms with Crippen molar-refractivity contribution in [2.45, 2.75) is 5.51 Å². The van der Waals surface area contributed by atoms with Crippen molar-refractivity contribution in [2.75, 3.05) is 0 Å². The van der Waals surface area contributed by atoms with Crippen LogP contribution < -0.4 is 4.18 Å². The number of hydrogen-bond acceptors (Lipinski definition) is 5. The number of halogens is 3. The molecule has 0 aliphatic heterocycles. The summed E-state index contributed by atoms with van der Waals surface area (Å²) >= 11 is 0. The van der Waals surface area contributed by atoms with E-state index in [4.69, 9.17) is 4.42 Å². The lowest BCUT2D eigenvalue weighted by molar-refractivity contribution is -0.0500. The van der Waals surface area contributed by atoms with Gasteiger partial charge in [-0.05, 0) is 24.3 Å². The lowest BCUT2D eigenvalue weighted by Gasteiger charge is -2.08. The van der Waals surface area contributed by atoms with Gasteiger partial charge in [-0.2, -0.15) is 21.6 Å². The Kier molecular flexibility index (Phi) is 3.52. The van der Waals surface area contributed by atoms with Crippen LogP contribution in [-0.4, -0.2) is 18.9 Å². The van der Waals surface area contributed by atoms with Crippen LogP contribution in [0.5, 0.6) is 5.75 Å². The Morgan fingerprint density at radius 1 is 1.04 bits per heavy atom. The van der Waals surface area contributed by atoms with E-state index in [0.29, 0.717) is 11.1 Å². The molecule has 0 bridgehead atoms. The van der Waals surface area contributed by atoms with Crippen LogP contribution in [0.3, 0.4) is 0 Å². The first-order valence-electron chi connectivity index (χ1n) is 6.23. The Morgan fingerprint density at radius 3 is 2.39 bits per heavy atom. The summed E-state index contributed by atoms with van der Waals surface area (Å²) in [6.45, 7) is 0. The van der Waals surface area contributed by atoms with Crippen LogP contribution in [0.25, 0.3) is 22.6 Å². The van der Waals surface area contributed by atoms with Crippen molar-refractivity contribution in [3.8, 4) is 17.2 Å². The number of benzene rings is 2. The zero-order valence-corrected chi connectivity index (χ0v) is 12.1. The van der Waals surface area contributed by atoms with E-state index in [1.165, 1.54) is 6.07 Å². The van der Waals surface area contributed by atoms with Gasteiger partial charge in [0.1, 0.15) is 11.3 Å². The van der Waals surface area contributed by atoms with Crippen molar-refractivity contribution in [3.05, 3.63) is 48.5 Å². The molecule has 1 heterocycles. The zero-order valence-electron chi connectivity index (χ0n) is 11.2. The van der Waals surface area contributed by atoms with Crippen molar-refractivity contribution >= 4 is 21.2 Å². The molecule has 0 saturated heterocycles. The highest BCUT2D eigenvalue weighted by Gasteiger charge is 2.48. The maximum absolute atomic E-state index is 12.3. The standard InChI is InChI=1S/C14H8F3NO4S/c15-14(16,17)23(19,20)22-10-6-7-11-12(8-10)21-13(18-11)9-4-2-1-3-5-9/h1-8H. The fourth-order valence-electron chi connectivity index (χ4n) is 1.83. The van der Waals surface area contributed by atoms with Gasteiger partial charge in [-0.25, -0.2) is 4.98 Å². The summed E-state index contributed by atoms with van der Waals surface area (Å²) < 4.78 is 68.4. The highest BCUT2D eigenvalue weighted by molar-refractivity contribution is 7.88. The summed E-state index contributed by atoms with van der Waals surface area (Å²) in [5, 5.41) is 0. The van der Waals surface area contributed by atoms with Crippen LogP contribution in [-0.2, 0) is 10.1 Å². The molecule has 0 aliphatic rings. The molecule has 0 aliphatic carbocycles. The average molecular weight is 343 g/mol. The third-order valence-corrected chi connectivity index (χ3v) is 3.85. The van der Waals surface area contributed by atoms with Gasteiger partial charge in [0.15, 0.2) is 5.58 Å². The Balaban J connectivity index is 1.97. The monoisotopic (exact) mass is 343 g/mol. The molecule has 120 valence electrons. The van der Waals surface area contributed by atoms with E-state index in [9.17, 15) is 21.6 Å². The van der Waals surface area contributed by atoms with Crippen LogP contribution in [0.1, 0.15) is 0 Å². The quantitative estimate of drug-likeness (QED) is 0.535. The minimum Gasteiger partial charge on any atom is -0.436 e. The van der Waals surface area contributed by atoms with Gasteiger partial charge in [-0.3, -0.25) is 0 Å². The maximum atomic E-state index is 12.3. The highest BCUT2D eigenvalue weighted by Crippen LogP contribution is 2.30. The molecule has 0 N–H and O–H groups in total. The van der Waals surface area contributed by atoms with Gasteiger partial charge in [-0.15, -0.1) is 0 Å². The normalized spacial score (nSPS) is 12.5. The van der Waals surface area contributed by atoms with Gasteiger partial charge in [-0.1, -0.05) is 18.2 Å². The summed E-state index contributed by atoms with van der Waals surface area (Å²) in [6.07, 6.45) is 0. The van der Waals surface area contributed by atoms with Gasteiger partial charge >= 0.3 is 15.6 Å². The summed E-state index contributed by atoms with van der Waals surface area (Å²) in [6, 6.07) is 12.3. The first-order valence-corrected chi connectivity index (χ1v) is 7.64. The summed E-state index contributed by atoms with van der Waals surface area (Å²) in [5.74, 6) is -0.248. The lowest BCUT2D eigenvalue weighted by atomic mass is 10.2. The van der Waals surface area contributed by atoms with Crippen LogP contribution in [0.4, 0.5) is 13.2 Å². The second-order valence-electron chi connectivity index (χ2n) is 4.50. The minimum atomic E-state index is -5.73. The number of rotatable bonds is 3. The van der Waals surface area contributed by atoms with E-state index in [0.717, 1.165) is 12.1 Å². The molecule has 23 heavy (non-hydrogen) atoms. The van der Waals surface area contributed by atoms with Gasteiger partial charge in [0.25, 0.3) is 0 Å². The van der Waals surface area contributed by atoms with E-state index >= 15 is 0 Å². The fraction of sp³-hybridized carbons (Fsp3) is 0.0714. The van der Waals surface area contributed by atoms with Crippen LogP contribution in [0.15, 0.2) is 52.9 Å². The lowest BCUT2D eigenvalue weighted by Crippen LogP contribution is -2.28. The van der Waals surface area contributed by atoms with Crippen LogP contribution in [0.2, 0.25) is 0 Å². The molecular weight excluding hydrogens is 335 g/mol. The highest BCUT2D eigenvalue weighted by atomic mass is 32.2. The predicted molar refractivity (Wildman–Crippen MR) is 75.0 cm³/mol. The molecule has 5 nitrogen and oxygen atoms in total. The van der Waals surface area contributed by atoms with Gasteiger partial charge in [0, 0.05) is 11.6 Å². The largest absolute Gasteiger partial charge is 0.534 e. The molecule has 1 aromatic heterocycles. The molecule has 0 unspecified atom stereocenters. The third-order valence-electron chi connectivity index (χ3n) is 2.87. The van der Waals surface area contributed by atoms with Crippen molar-refractivity contribution in [1.82, 2.24) is 4.98 Å². The number of oxazole rings is 1. The van der Waals surface area contributed by atoms with E-state index in [1.807, 2.05) is 0 Å². The molecule has 0 atom stereocenters. The van der Waals surface area contributed by atoms with Crippen LogP contribution in [0, 0.1) is 0 Å². The molecular formula is C14H8F3NO4S. The van der Waals surface area contributed by atoms with Gasteiger partial charge < -0.3 is 8.60 Å². The summed E-state index contributed by atoms with van der Waals surface area (Å²) in [4.78, 5) is 4.18. The van der Waals surface area contributed by atoms with Crippen molar-refractivity contribution in [2.24, 2.45) is 0 Å². The number of alkyl halides is 3. The fourth-order valence-corrected chi connectivity index (χ4v) is 2.29. The molecule has 0 spiro atoms. The Hall–Kier alpha value is -2.55. The van der Waals surface area contributed by atoms with Crippen molar-refractivity contribution in [3.63, 3.8) is 0 Å². The molecule has 3 aromatic rings. The zero-order chi connectivity index (χ0) is 16.7. The molecule has 0 radical (unpaired) electrons. The Morgan fingerprint density at radius 2 is 1.74 bits per heavy atom. The second-order valence-corrected chi connectivity index (χ2v) is 6.04. The number of nitrogens with zero attached hydrogens (tertiary/aromatic N) is 1. The smallest absolute Gasteiger partial charge is 0.436 e. The molecule has 2 aromatic carbocycles. The maximum Gasteiger partial charge on any atom is 0.534 e. The molecule has 3 rings (SSSR count). The predicted octanol–water partition coefficient (Wildman–Crippen LogP) is 3.72. The molecule has 0 amide bonds. The van der Waals surface area contributed by atoms with E-state index in [-0.39, 0.29) is 11.5 Å². The summed E-state index contributed by atoms with van der Waals surface area (Å²) in [5.41, 5.74) is -4.35. The van der Waals surface area contributed by atoms with Crippen LogP contribution >= 0.6 is 0 Å². The van der Waals surface area contributed by atoms with E-state index in [2.05, 4.69) is 9.17 Å². The van der Waals surface area contributed by atoms with Crippen molar-refractivity contribution < 1.29 is 30.2 Å². The molecule has 0 fully saturated rings. The number of aromatic nitrogens is 1. The number of hydrogen-bond donors (Lipinski definition) is 0. The summed E-state index contributed by atoms with van der Waals surface area (Å²) in [7, 11) is -5.73. The van der Waals surface area contributed by atoms with Gasteiger partial charge in [0.2, 0.25) is 5.89 Å².